The van der Waals surface area contributed by atoms with E-state index in [0.717, 1.165) is 13.1 Å². The molecular weight excluding hydrogens is 300 g/mol. The highest BCUT2D eigenvalue weighted by Gasteiger charge is 2.39. The zero-order chi connectivity index (χ0) is 13.5. The van der Waals surface area contributed by atoms with Crippen molar-refractivity contribution in [3.8, 4) is 0 Å². The number of anilines is 1. The number of benzene rings is 1. The maximum absolute atomic E-state index is 3.82. The third-order valence-corrected chi connectivity index (χ3v) is 5.15. The second kappa shape index (κ2) is 5.10. The number of nitrogens with zero attached hydrogens (tertiary/aromatic N) is 1. The molecule has 104 valence electrons. The summed E-state index contributed by atoms with van der Waals surface area (Å²) in [5.41, 5.74) is 3.07. The molecule has 1 saturated carbocycles. The van der Waals surface area contributed by atoms with Crippen LogP contribution in [0.2, 0.25) is 0 Å². The van der Waals surface area contributed by atoms with Crippen LogP contribution in [-0.2, 0) is 0 Å². The van der Waals surface area contributed by atoms with E-state index < -0.39 is 0 Å². The van der Waals surface area contributed by atoms with Gasteiger partial charge in [0.15, 0.2) is 0 Å². The molecule has 0 amide bonds. The van der Waals surface area contributed by atoms with Gasteiger partial charge in [-0.1, -0.05) is 28.8 Å². The Hall–Kier alpha value is -0.540. The predicted octanol–water partition coefficient (Wildman–Crippen LogP) is 3.87. The van der Waals surface area contributed by atoms with Gasteiger partial charge in [0.05, 0.1) is 0 Å². The third-order valence-electron chi connectivity index (χ3n) is 4.70. The van der Waals surface area contributed by atoms with Crippen LogP contribution in [0.15, 0.2) is 22.7 Å². The lowest BCUT2D eigenvalue weighted by atomic mass is 9.92. The maximum Gasteiger partial charge on any atom is 0.0387 e. The largest absolute Gasteiger partial charge is 0.366 e. The lowest BCUT2D eigenvalue weighted by Crippen LogP contribution is -2.62. The van der Waals surface area contributed by atoms with Crippen molar-refractivity contribution < 1.29 is 0 Å². The van der Waals surface area contributed by atoms with E-state index in [-0.39, 0.29) is 0 Å². The lowest BCUT2D eigenvalue weighted by Gasteiger charge is -2.46. The van der Waals surface area contributed by atoms with Crippen molar-refractivity contribution in [2.75, 3.05) is 18.0 Å². The molecule has 2 fully saturated rings. The smallest absolute Gasteiger partial charge is 0.0387 e. The topological polar surface area (TPSA) is 15.3 Å². The van der Waals surface area contributed by atoms with Crippen molar-refractivity contribution >= 4 is 21.6 Å². The monoisotopic (exact) mass is 322 g/mol. The molecule has 1 aliphatic carbocycles. The number of hydrogen-bond donors (Lipinski definition) is 1. The first kappa shape index (κ1) is 13.4. The van der Waals surface area contributed by atoms with Gasteiger partial charge in [0.2, 0.25) is 0 Å². The van der Waals surface area contributed by atoms with Crippen molar-refractivity contribution in [1.82, 2.24) is 5.32 Å². The van der Waals surface area contributed by atoms with Crippen LogP contribution in [0.4, 0.5) is 5.69 Å². The molecule has 1 aliphatic heterocycles. The zero-order valence-corrected chi connectivity index (χ0v) is 13.5. The van der Waals surface area contributed by atoms with Gasteiger partial charge < -0.3 is 10.2 Å². The molecule has 1 spiro atoms. The molecule has 1 aromatic rings. The number of hydrogen-bond acceptors (Lipinski definition) is 2. The first-order valence-corrected chi connectivity index (χ1v) is 8.16. The van der Waals surface area contributed by atoms with Gasteiger partial charge in [0.25, 0.3) is 0 Å². The molecule has 0 radical (unpaired) electrons. The molecule has 0 bridgehead atoms. The summed E-state index contributed by atoms with van der Waals surface area (Å²) >= 11 is 3.63. The van der Waals surface area contributed by atoms with Crippen LogP contribution in [-0.4, -0.2) is 24.7 Å². The molecule has 1 aromatic carbocycles. The van der Waals surface area contributed by atoms with E-state index >= 15 is 0 Å². The summed E-state index contributed by atoms with van der Waals surface area (Å²) in [6, 6.07) is 7.33. The first-order chi connectivity index (χ1) is 9.08. The SMILES string of the molecule is Cc1cc(Br)cc(N2CC3(CCCC3)NCC2C)c1. The summed E-state index contributed by atoms with van der Waals surface area (Å²) in [4.78, 5) is 2.60. The average molecular weight is 323 g/mol. The van der Waals surface area contributed by atoms with Crippen molar-refractivity contribution in [3.05, 3.63) is 28.2 Å². The fourth-order valence-corrected chi connectivity index (χ4v) is 4.22. The summed E-state index contributed by atoms with van der Waals surface area (Å²) < 4.78 is 1.19. The minimum Gasteiger partial charge on any atom is -0.366 e. The summed E-state index contributed by atoms with van der Waals surface area (Å²) in [5, 5.41) is 3.82. The van der Waals surface area contributed by atoms with E-state index in [4.69, 9.17) is 0 Å². The van der Waals surface area contributed by atoms with Gasteiger partial charge in [-0.15, -0.1) is 0 Å². The number of rotatable bonds is 1. The van der Waals surface area contributed by atoms with Gasteiger partial charge in [0.1, 0.15) is 0 Å². The van der Waals surface area contributed by atoms with E-state index in [0.29, 0.717) is 11.6 Å². The number of aryl methyl sites for hydroxylation is 1. The van der Waals surface area contributed by atoms with Crippen LogP contribution in [0.3, 0.4) is 0 Å². The Morgan fingerprint density at radius 3 is 2.68 bits per heavy atom. The Balaban J connectivity index is 1.88. The third kappa shape index (κ3) is 2.68. The Bertz CT molecular complexity index is 446. The highest BCUT2D eigenvalue weighted by atomic mass is 79.9. The van der Waals surface area contributed by atoms with Crippen LogP contribution in [0.25, 0.3) is 0 Å². The van der Waals surface area contributed by atoms with E-state index in [1.165, 1.54) is 41.4 Å². The normalized spacial score (nSPS) is 26.1. The van der Waals surface area contributed by atoms with Gasteiger partial charge in [0, 0.05) is 34.8 Å². The molecule has 1 N–H and O–H groups in total. The number of piperazine rings is 1. The average Bonchev–Trinajstić information content (AvgIpc) is 2.80. The standard InChI is InChI=1S/C16H23BrN2/c1-12-7-14(17)9-15(8-12)19-11-16(5-3-4-6-16)18-10-13(19)2/h7-9,13,18H,3-6,10-11H2,1-2H3. The molecule has 1 saturated heterocycles. The van der Waals surface area contributed by atoms with E-state index in [2.05, 4.69) is 58.2 Å². The maximum atomic E-state index is 3.82. The van der Waals surface area contributed by atoms with Gasteiger partial charge in [-0.25, -0.2) is 0 Å². The Morgan fingerprint density at radius 1 is 1.26 bits per heavy atom. The van der Waals surface area contributed by atoms with Crippen LogP contribution in [0, 0.1) is 6.92 Å². The first-order valence-electron chi connectivity index (χ1n) is 7.37. The van der Waals surface area contributed by atoms with Crippen LogP contribution < -0.4 is 10.2 Å². The summed E-state index contributed by atoms with van der Waals surface area (Å²) in [6.07, 6.45) is 5.44. The molecule has 0 aromatic heterocycles. The van der Waals surface area contributed by atoms with Gasteiger partial charge >= 0.3 is 0 Å². The fraction of sp³-hybridized carbons (Fsp3) is 0.625. The minimum absolute atomic E-state index is 0.378. The molecule has 1 unspecified atom stereocenters. The quantitative estimate of drug-likeness (QED) is 0.844. The lowest BCUT2D eigenvalue weighted by molar-refractivity contribution is 0.276. The van der Waals surface area contributed by atoms with Crippen molar-refractivity contribution in [3.63, 3.8) is 0 Å². The molecule has 3 rings (SSSR count). The summed E-state index contributed by atoms with van der Waals surface area (Å²) in [5.74, 6) is 0. The fourth-order valence-electron chi connectivity index (χ4n) is 3.63. The van der Waals surface area contributed by atoms with E-state index in [9.17, 15) is 0 Å². The van der Waals surface area contributed by atoms with Crippen molar-refractivity contribution in [2.45, 2.75) is 51.1 Å². The molecule has 1 heterocycles. The molecule has 2 aliphatic rings. The van der Waals surface area contributed by atoms with Crippen molar-refractivity contribution in [2.24, 2.45) is 0 Å². The highest BCUT2D eigenvalue weighted by molar-refractivity contribution is 9.10. The summed E-state index contributed by atoms with van der Waals surface area (Å²) in [6.45, 7) is 6.76. The summed E-state index contributed by atoms with van der Waals surface area (Å²) in [7, 11) is 0. The van der Waals surface area contributed by atoms with Gasteiger partial charge in [-0.2, -0.15) is 0 Å². The number of halogens is 1. The molecule has 2 nitrogen and oxygen atoms in total. The van der Waals surface area contributed by atoms with Crippen LogP contribution in [0.5, 0.6) is 0 Å². The highest BCUT2D eigenvalue weighted by Crippen LogP contribution is 2.35. The van der Waals surface area contributed by atoms with Gasteiger partial charge in [-0.05, 0) is 50.5 Å². The zero-order valence-electron chi connectivity index (χ0n) is 11.9. The second-order valence-electron chi connectivity index (χ2n) is 6.33. The van der Waals surface area contributed by atoms with Crippen molar-refractivity contribution in [1.29, 1.82) is 0 Å². The molecule has 1 atom stereocenters. The number of nitrogens with one attached hydrogen (secondary N) is 1. The Kier molecular flexibility index (Phi) is 3.61. The molecular formula is C16H23BrN2. The Morgan fingerprint density at radius 2 is 2.00 bits per heavy atom. The minimum atomic E-state index is 0.378. The van der Waals surface area contributed by atoms with E-state index in [1.54, 1.807) is 0 Å². The second-order valence-corrected chi connectivity index (χ2v) is 7.25. The Labute approximate surface area is 124 Å². The van der Waals surface area contributed by atoms with Crippen LogP contribution in [0.1, 0.15) is 38.2 Å². The predicted molar refractivity (Wildman–Crippen MR) is 84.9 cm³/mol. The van der Waals surface area contributed by atoms with E-state index in [1.807, 2.05) is 0 Å². The van der Waals surface area contributed by atoms with Gasteiger partial charge in [-0.3, -0.25) is 0 Å². The molecule has 19 heavy (non-hydrogen) atoms. The van der Waals surface area contributed by atoms with Crippen LogP contribution >= 0.6 is 15.9 Å². The molecule has 3 heteroatoms.